The highest BCUT2D eigenvalue weighted by Crippen LogP contribution is 2.30. The van der Waals surface area contributed by atoms with Crippen LogP contribution in [0.1, 0.15) is 10.4 Å². The summed E-state index contributed by atoms with van der Waals surface area (Å²) < 4.78 is 10.3. The summed E-state index contributed by atoms with van der Waals surface area (Å²) in [4.78, 5) is 12.2. The first kappa shape index (κ1) is 15.0. The molecule has 0 bridgehead atoms. The van der Waals surface area contributed by atoms with Crippen molar-refractivity contribution in [3.63, 3.8) is 0 Å². The Morgan fingerprint density at radius 2 is 1.90 bits per heavy atom. The Bertz CT molecular complexity index is 673. The number of anilines is 1. The minimum Gasteiger partial charge on any atom is -0.507 e. The van der Waals surface area contributed by atoms with Gasteiger partial charge in [-0.05, 0) is 30.3 Å². The molecule has 0 aliphatic carbocycles. The molecule has 0 saturated carbocycles. The maximum Gasteiger partial charge on any atom is 0.259 e. The molecule has 2 rings (SSSR count). The number of hydrogen-bond donors (Lipinski definition) is 2. The molecule has 2 N–H and O–H groups in total. The fourth-order valence-electron chi connectivity index (χ4n) is 1.79. The van der Waals surface area contributed by atoms with Crippen molar-refractivity contribution in [3.8, 4) is 17.2 Å². The van der Waals surface area contributed by atoms with Crippen molar-refractivity contribution in [2.24, 2.45) is 0 Å². The molecule has 0 spiro atoms. The smallest absolute Gasteiger partial charge is 0.259 e. The van der Waals surface area contributed by atoms with Crippen molar-refractivity contribution >= 4 is 23.2 Å². The number of phenols is 1. The van der Waals surface area contributed by atoms with Crippen molar-refractivity contribution in [1.82, 2.24) is 0 Å². The number of carbonyl (C=O) groups is 1. The average Bonchev–Trinajstić information content (AvgIpc) is 2.47. The minimum atomic E-state index is -0.465. The predicted molar refractivity (Wildman–Crippen MR) is 80.6 cm³/mol. The van der Waals surface area contributed by atoms with Gasteiger partial charge in [0.25, 0.3) is 5.91 Å². The first-order valence-electron chi connectivity index (χ1n) is 6.07. The summed E-state index contributed by atoms with van der Waals surface area (Å²) in [6.07, 6.45) is 0. The summed E-state index contributed by atoms with van der Waals surface area (Å²) in [6, 6.07) is 9.28. The molecule has 0 atom stereocenters. The van der Waals surface area contributed by atoms with Crippen LogP contribution in [0.15, 0.2) is 36.4 Å². The van der Waals surface area contributed by atoms with E-state index >= 15 is 0 Å². The van der Waals surface area contributed by atoms with Crippen LogP contribution in [0.25, 0.3) is 0 Å². The first-order valence-corrected chi connectivity index (χ1v) is 6.45. The highest BCUT2D eigenvalue weighted by molar-refractivity contribution is 6.31. The van der Waals surface area contributed by atoms with Crippen LogP contribution in [-0.4, -0.2) is 25.2 Å². The van der Waals surface area contributed by atoms with Gasteiger partial charge in [0.15, 0.2) is 0 Å². The molecule has 0 aliphatic rings. The Hall–Kier alpha value is -2.40. The normalized spacial score (nSPS) is 10.0. The van der Waals surface area contributed by atoms with Crippen LogP contribution in [0, 0.1) is 0 Å². The van der Waals surface area contributed by atoms with Gasteiger partial charge in [0, 0.05) is 11.1 Å². The summed E-state index contributed by atoms with van der Waals surface area (Å²) in [6.45, 7) is 0. The van der Waals surface area contributed by atoms with E-state index in [1.807, 2.05) is 0 Å². The van der Waals surface area contributed by atoms with Gasteiger partial charge in [-0.1, -0.05) is 11.6 Å². The number of carbonyl (C=O) groups excluding carboxylic acids is 1. The lowest BCUT2D eigenvalue weighted by Crippen LogP contribution is -2.12. The number of methoxy groups -OCH3 is 2. The Balaban J connectivity index is 2.27. The standard InChI is InChI=1S/C15H14ClNO4/c1-20-10-4-6-12(14(8-10)21-2)17-15(19)11-5-3-9(16)7-13(11)18/h3-8,18H,1-2H3,(H,17,19). The Kier molecular flexibility index (Phi) is 4.55. The van der Waals surface area contributed by atoms with Gasteiger partial charge >= 0.3 is 0 Å². The van der Waals surface area contributed by atoms with Crippen molar-refractivity contribution in [2.75, 3.05) is 19.5 Å². The summed E-state index contributed by atoms with van der Waals surface area (Å²) in [5, 5.41) is 12.8. The third-order valence-electron chi connectivity index (χ3n) is 2.86. The SMILES string of the molecule is COc1ccc(NC(=O)c2ccc(Cl)cc2O)c(OC)c1. The zero-order chi connectivity index (χ0) is 15.4. The first-order chi connectivity index (χ1) is 10.0. The molecule has 0 radical (unpaired) electrons. The number of rotatable bonds is 4. The van der Waals surface area contributed by atoms with Crippen molar-refractivity contribution in [1.29, 1.82) is 0 Å². The van der Waals surface area contributed by atoms with Gasteiger partial charge in [-0.3, -0.25) is 4.79 Å². The average molecular weight is 308 g/mol. The van der Waals surface area contributed by atoms with E-state index in [-0.39, 0.29) is 11.3 Å². The molecular formula is C15H14ClNO4. The molecule has 0 unspecified atom stereocenters. The number of ether oxygens (including phenoxy) is 2. The second kappa shape index (κ2) is 6.37. The van der Waals surface area contributed by atoms with E-state index in [1.54, 1.807) is 25.3 Å². The minimum absolute atomic E-state index is 0.122. The molecule has 0 aliphatic heterocycles. The Morgan fingerprint density at radius 3 is 2.52 bits per heavy atom. The summed E-state index contributed by atoms with van der Waals surface area (Å²) in [5.41, 5.74) is 0.593. The van der Waals surface area contributed by atoms with Crippen molar-refractivity contribution < 1.29 is 19.4 Å². The molecule has 0 fully saturated rings. The number of hydrogen-bond acceptors (Lipinski definition) is 4. The maximum absolute atomic E-state index is 12.2. The van der Waals surface area contributed by atoms with Gasteiger partial charge in [0.2, 0.25) is 0 Å². The lowest BCUT2D eigenvalue weighted by Gasteiger charge is -2.12. The number of amides is 1. The highest BCUT2D eigenvalue weighted by Gasteiger charge is 2.14. The number of aromatic hydroxyl groups is 1. The maximum atomic E-state index is 12.2. The molecule has 6 heteroatoms. The fourth-order valence-corrected chi connectivity index (χ4v) is 1.95. The van der Waals surface area contributed by atoms with E-state index in [0.717, 1.165) is 0 Å². The molecule has 2 aromatic carbocycles. The Labute approximate surface area is 127 Å². The zero-order valence-electron chi connectivity index (χ0n) is 11.5. The number of halogens is 1. The van der Waals surface area contributed by atoms with Gasteiger partial charge in [0.1, 0.15) is 17.2 Å². The summed E-state index contributed by atoms with van der Waals surface area (Å²) in [7, 11) is 3.03. The fraction of sp³-hybridized carbons (Fsp3) is 0.133. The predicted octanol–water partition coefficient (Wildman–Crippen LogP) is 3.32. The van der Waals surface area contributed by atoms with E-state index < -0.39 is 5.91 Å². The van der Waals surface area contributed by atoms with Crippen LogP contribution in [-0.2, 0) is 0 Å². The third-order valence-corrected chi connectivity index (χ3v) is 3.10. The molecule has 0 heterocycles. The molecule has 2 aromatic rings. The van der Waals surface area contributed by atoms with Gasteiger partial charge in [-0.2, -0.15) is 0 Å². The quantitative estimate of drug-likeness (QED) is 0.909. The van der Waals surface area contributed by atoms with E-state index in [0.29, 0.717) is 22.2 Å². The molecule has 0 aromatic heterocycles. The van der Waals surface area contributed by atoms with Crippen LogP contribution in [0.2, 0.25) is 5.02 Å². The molecule has 5 nitrogen and oxygen atoms in total. The van der Waals surface area contributed by atoms with Gasteiger partial charge in [-0.15, -0.1) is 0 Å². The van der Waals surface area contributed by atoms with E-state index in [9.17, 15) is 9.90 Å². The van der Waals surface area contributed by atoms with Crippen LogP contribution in [0.4, 0.5) is 5.69 Å². The largest absolute Gasteiger partial charge is 0.507 e. The van der Waals surface area contributed by atoms with Crippen LogP contribution < -0.4 is 14.8 Å². The topological polar surface area (TPSA) is 67.8 Å². The molecule has 110 valence electrons. The lowest BCUT2D eigenvalue weighted by molar-refractivity contribution is 0.102. The zero-order valence-corrected chi connectivity index (χ0v) is 12.3. The monoisotopic (exact) mass is 307 g/mol. The second-order valence-corrected chi connectivity index (χ2v) is 4.62. The summed E-state index contributed by atoms with van der Waals surface area (Å²) >= 11 is 5.74. The van der Waals surface area contributed by atoms with Crippen LogP contribution >= 0.6 is 11.6 Å². The lowest BCUT2D eigenvalue weighted by atomic mass is 10.1. The second-order valence-electron chi connectivity index (χ2n) is 4.18. The number of benzene rings is 2. The summed E-state index contributed by atoms with van der Waals surface area (Å²) in [5.74, 6) is 0.412. The van der Waals surface area contributed by atoms with Crippen LogP contribution in [0.5, 0.6) is 17.2 Å². The van der Waals surface area contributed by atoms with E-state index in [2.05, 4.69) is 5.32 Å². The van der Waals surface area contributed by atoms with E-state index in [1.165, 1.54) is 25.3 Å². The number of phenolic OH excluding ortho intramolecular Hbond substituents is 1. The number of nitrogens with one attached hydrogen (secondary N) is 1. The Morgan fingerprint density at radius 1 is 1.14 bits per heavy atom. The molecule has 1 amide bonds. The van der Waals surface area contributed by atoms with Crippen molar-refractivity contribution in [3.05, 3.63) is 47.0 Å². The van der Waals surface area contributed by atoms with Gasteiger partial charge in [-0.25, -0.2) is 0 Å². The van der Waals surface area contributed by atoms with Crippen molar-refractivity contribution in [2.45, 2.75) is 0 Å². The molecular weight excluding hydrogens is 294 g/mol. The highest BCUT2D eigenvalue weighted by atomic mass is 35.5. The van der Waals surface area contributed by atoms with E-state index in [4.69, 9.17) is 21.1 Å². The molecule has 0 saturated heterocycles. The van der Waals surface area contributed by atoms with Gasteiger partial charge < -0.3 is 19.9 Å². The van der Waals surface area contributed by atoms with Crippen LogP contribution in [0.3, 0.4) is 0 Å². The third kappa shape index (κ3) is 3.38. The van der Waals surface area contributed by atoms with Gasteiger partial charge in [0.05, 0.1) is 25.5 Å². The molecule has 21 heavy (non-hydrogen) atoms.